The number of benzene rings is 2. The molecule has 0 radical (unpaired) electrons. The highest BCUT2D eigenvalue weighted by atomic mass is 32.1. The summed E-state index contributed by atoms with van der Waals surface area (Å²) in [6, 6.07) is 13.6. The molecule has 1 amide bonds. The molecular formula is C21H23N3OS. The number of nitrogens with one attached hydrogen (secondary N) is 2. The Morgan fingerprint density at radius 3 is 2.27 bits per heavy atom. The van der Waals surface area contributed by atoms with Crippen LogP contribution in [-0.4, -0.2) is 16.9 Å². The van der Waals surface area contributed by atoms with Crippen LogP contribution in [0.5, 0.6) is 0 Å². The van der Waals surface area contributed by atoms with E-state index < -0.39 is 0 Å². The smallest absolute Gasteiger partial charge is 0.246 e. The first kappa shape index (κ1) is 18.1. The number of aromatic nitrogens is 1. The third kappa shape index (κ3) is 4.11. The van der Waals surface area contributed by atoms with Crippen LogP contribution in [0, 0.1) is 20.8 Å². The Labute approximate surface area is 158 Å². The maximum Gasteiger partial charge on any atom is 0.246 e. The fourth-order valence-corrected chi connectivity index (χ4v) is 3.41. The summed E-state index contributed by atoms with van der Waals surface area (Å²) < 4.78 is 0. The molecule has 134 valence electrons. The summed E-state index contributed by atoms with van der Waals surface area (Å²) in [7, 11) is 0. The van der Waals surface area contributed by atoms with Crippen LogP contribution in [-0.2, 0) is 4.79 Å². The zero-order valence-corrected chi connectivity index (χ0v) is 16.3. The van der Waals surface area contributed by atoms with E-state index in [-0.39, 0.29) is 11.9 Å². The molecule has 1 heterocycles. The van der Waals surface area contributed by atoms with Crippen LogP contribution in [0.2, 0.25) is 0 Å². The number of hydrogen-bond acceptors (Lipinski definition) is 4. The Morgan fingerprint density at radius 1 is 1.04 bits per heavy atom. The molecule has 3 aromatic rings. The van der Waals surface area contributed by atoms with Gasteiger partial charge in [0.05, 0.1) is 10.7 Å². The van der Waals surface area contributed by atoms with Crippen LogP contribution < -0.4 is 10.6 Å². The monoisotopic (exact) mass is 365 g/mol. The van der Waals surface area contributed by atoms with E-state index in [0.717, 1.165) is 38.8 Å². The molecule has 0 saturated carbocycles. The molecule has 1 aromatic heterocycles. The number of carbonyl (C=O) groups is 1. The van der Waals surface area contributed by atoms with Crippen LogP contribution in [0.25, 0.3) is 11.3 Å². The molecule has 0 bridgehead atoms. The average molecular weight is 366 g/mol. The summed E-state index contributed by atoms with van der Waals surface area (Å²) in [5, 5.41) is 9.39. The maximum absolute atomic E-state index is 12.5. The molecule has 26 heavy (non-hydrogen) atoms. The van der Waals surface area contributed by atoms with Gasteiger partial charge in [-0.1, -0.05) is 30.3 Å². The van der Waals surface area contributed by atoms with Crippen LogP contribution >= 0.6 is 11.3 Å². The van der Waals surface area contributed by atoms with E-state index in [4.69, 9.17) is 0 Å². The number of nitrogens with zero attached hydrogens (tertiary/aromatic N) is 1. The van der Waals surface area contributed by atoms with E-state index >= 15 is 0 Å². The fourth-order valence-electron chi connectivity index (χ4n) is 2.79. The number of aryl methyl sites for hydroxylation is 3. The number of hydrogen-bond donors (Lipinski definition) is 2. The topological polar surface area (TPSA) is 54.0 Å². The Morgan fingerprint density at radius 2 is 1.69 bits per heavy atom. The van der Waals surface area contributed by atoms with Crippen molar-refractivity contribution in [2.75, 3.05) is 10.6 Å². The molecule has 0 unspecified atom stereocenters. The van der Waals surface area contributed by atoms with Crippen molar-refractivity contribution in [3.05, 3.63) is 64.0 Å². The van der Waals surface area contributed by atoms with Crippen molar-refractivity contribution >= 4 is 28.6 Å². The second kappa shape index (κ2) is 7.70. The van der Waals surface area contributed by atoms with Gasteiger partial charge in [-0.15, -0.1) is 11.3 Å². The van der Waals surface area contributed by atoms with Gasteiger partial charge < -0.3 is 10.6 Å². The number of carbonyl (C=O) groups excluding carboxylic acids is 1. The Balaban J connectivity index is 1.65. The molecule has 0 aliphatic carbocycles. The van der Waals surface area contributed by atoms with E-state index in [1.54, 1.807) is 11.3 Å². The van der Waals surface area contributed by atoms with Crippen molar-refractivity contribution < 1.29 is 4.79 Å². The summed E-state index contributed by atoms with van der Waals surface area (Å²) in [6.45, 7) is 7.86. The van der Waals surface area contributed by atoms with E-state index in [0.29, 0.717) is 0 Å². The average Bonchev–Trinajstić information content (AvgIpc) is 3.05. The van der Waals surface area contributed by atoms with E-state index in [2.05, 4.69) is 21.0 Å². The lowest BCUT2D eigenvalue weighted by Crippen LogP contribution is -2.32. The largest absolute Gasteiger partial charge is 0.374 e. The molecule has 1 atom stereocenters. The minimum Gasteiger partial charge on any atom is -0.374 e. The summed E-state index contributed by atoms with van der Waals surface area (Å²) in [5.74, 6) is -0.0541. The summed E-state index contributed by atoms with van der Waals surface area (Å²) in [4.78, 5) is 17.0. The first-order valence-corrected chi connectivity index (χ1v) is 9.48. The van der Waals surface area contributed by atoms with E-state index in [1.807, 2.05) is 70.2 Å². The molecule has 0 aliphatic rings. The standard InChI is InChI=1S/C21H23N3OS/c1-13-6-5-7-14(2)20(13)24-21(25)15(3)22-18-10-8-17(9-11-18)19-12-26-16(4)23-19/h5-12,15,22H,1-4H3,(H,24,25)/t15-/m0/s1. The lowest BCUT2D eigenvalue weighted by Gasteiger charge is -2.17. The van der Waals surface area contributed by atoms with Crippen molar-refractivity contribution in [3.8, 4) is 11.3 Å². The second-order valence-electron chi connectivity index (χ2n) is 6.45. The number of amides is 1. The van der Waals surface area contributed by atoms with Gasteiger partial charge >= 0.3 is 0 Å². The summed E-state index contributed by atoms with van der Waals surface area (Å²) in [5.41, 5.74) is 5.99. The van der Waals surface area contributed by atoms with Gasteiger partial charge in [0.25, 0.3) is 0 Å². The summed E-state index contributed by atoms with van der Waals surface area (Å²) >= 11 is 1.64. The van der Waals surface area contributed by atoms with Crippen LogP contribution in [0.1, 0.15) is 23.1 Å². The summed E-state index contributed by atoms with van der Waals surface area (Å²) in [6.07, 6.45) is 0. The van der Waals surface area contributed by atoms with Gasteiger partial charge in [-0.3, -0.25) is 4.79 Å². The Bertz CT molecular complexity index is 895. The van der Waals surface area contributed by atoms with E-state index in [1.165, 1.54) is 0 Å². The van der Waals surface area contributed by atoms with Crippen molar-refractivity contribution in [2.45, 2.75) is 33.7 Å². The van der Waals surface area contributed by atoms with Crippen molar-refractivity contribution in [2.24, 2.45) is 0 Å². The minimum absolute atomic E-state index is 0.0541. The maximum atomic E-state index is 12.5. The van der Waals surface area contributed by atoms with E-state index in [9.17, 15) is 4.79 Å². The van der Waals surface area contributed by atoms with Gasteiger partial charge in [-0.2, -0.15) is 0 Å². The third-order valence-electron chi connectivity index (χ3n) is 4.31. The van der Waals surface area contributed by atoms with Crippen molar-refractivity contribution in [1.29, 1.82) is 0 Å². The number of rotatable bonds is 5. The van der Waals surface area contributed by atoms with Crippen LogP contribution in [0.4, 0.5) is 11.4 Å². The molecular weight excluding hydrogens is 342 g/mol. The molecule has 0 spiro atoms. The van der Waals surface area contributed by atoms with Crippen molar-refractivity contribution in [1.82, 2.24) is 4.98 Å². The highest BCUT2D eigenvalue weighted by Gasteiger charge is 2.15. The van der Waals surface area contributed by atoms with Gasteiger partial charge in [-0.25, -0.2) is 4.98 Å². The highest BCUT2D eigenvalue weighted by molar-refractivity contribution is 7.09. The lowest BCUT2D eigenvalue weighted by molar-refractivity contribution is -0.116. The van der Waals surface area contributed by atoms with Crippen LogP contribution in [0.3, 0.4) is 0 Å². The number of thiazole rings is 1. The van der Waals surface area contributed by atoms with Gasteiger partial charge in [0.2, 0.25) is 5.91 Å². The fraction of sp³-hybridized carbons (Fsp3) is 0.238. The minimum atomic E-state index is -0.346. The first-order chi connectivity index (χ1) is 12.4. The zero-order valence-electron chi connectivity index (χ0n) is 15.5. The van der Waals surface area contributed by atoms with Gasteiger partial charge in [0, 0.05) is 22.3 Å². The predicted molar refractivity (Wildman–Crippen MR) is 110 cm³/mol. The highest BCUT2D eigenvalue weighted by Crippen LogP contribution is 2.24. The molecule has 5 heteroatoms. The predicted octanol–water partition coefficient (Wildman–Crippen LogP) is 5.17. The van der Waals surface area contributed by atoms with Crippen molar-refractivity contribution in [3.63, 3.8) is 0 Å². The van der Waals surface area contributed by atoms with Crippen LogP contribution in [0.15, 0.2) is 47.8 Å². The number of para-hydroxylation sites is 1. The van der Waals surface area contributed by atoms with Gasteiger partial charge in [-0.05, 0) is 51.0 Å². The SMILES string of the molecule is Cc1nc(-c2ccc(N[C@@H](C)C(=O)Nc3c(C)cccc3C)cc2)cs1. The molecule has 2 N–H and O–H groups in total. The Hall–Kier alpha value is -2.66. The quantitative estimate of drug-likeness (QED) is 0.655. The molecule has 0 aliphatic heterocycles. The zero-order chi connectivity index (χ0) is 18.7. The Kier molecular flexibility index (Phi) is 5.38. The first-order valence-electron chi connectivity index (χ1n) is 8.60. The van der Waals surface area contributed by atoms with Gasteiger partial charge in [0.1, 0.15) is 6.04 Å². The molecule has 2 aromatic carbocycles. The molecule has 0 fully saturated rings. The third-order valence-corrected chi connectivity index (χ3v) is 5.08. The normalized spacial score (nSPS) is 11.8. The lowest BCUT2D eigenvalue weighted by atomic mass is 10.1. The molecule has 4 nitrogen and oxygen atoms in total. The second-order valence-corrected chi connectivity index (χ2v) is 7.51. The number of anilines is 2. The van der Waals surface area contributed by atoms with Gasteiger partial charge in [0.15, 0.2) is 0 Å². The molecule has 0 saturated heterocycles. The molecule has 3 rings (SSSR count).